The summed E-state index contributed by atoms with van der Waals surface area (Å²) >= 11 is 0. The summed E-state index contributed by atoms with van der Waals surface area (Å²) in [6.07, 6.45) is 5.33. The van der Waals surface area contributed by atoms with Crippen LogP contribution < -0.4 is 10.2 Å². The molecular formula is C18H30N2O. The number of para-hydroxylation sites is 1. The molecule has 1 heterocycles. The molecule has 118 valence electrons. The van der Waals surface area contributed by atoms with E-state index in [2.05, 4.69) is 48.3 Å². The van der Waals surface area contributed by atoms with Crippen molar-refractivity contribution in [2.75, 3.05) is 31.1 Å². The molecule has 1 aliphatic heterocycles. The second-order valence-corrected chi connectivity index (χ2v) is 6.13. The zero-order chi connectivity index (χ0) is 14.9. The van der Waals surface area contributed by atoms with Crippen molar-refractivity contribution in [2.45, 2.75) is 52.2 Å². The van der Waals surface area contributed by atoms with Gasteiger partial charge < -0.3 is 15.0 Å². The van der Waals surface area contributed by atoms with Crippen LogP contribution in [0.1, 0.15) is 45.1 Å². The van der Waals surface area contributed by atoms with Crippen LogP contribution in [0.25, 0.3) is 0 Å². The van der Waals surface area contributed by atoms with Crippen molar-refractivity contribution in [2.24, 2.45) is 0 Å². The van der Waals surface area contributed by atoms with Gasteiger partial charge in [-0.2, -0.15) is 0 Å². The van der Waals surface area contributed by atoms with Crippen LogP contribution in [0.3, 0.4) is 0 Å². The maximum absolute atomic E-state index is 5.56. The van der Waals surface area contributed by atoms with Crippen LogP contribution in [0, 0.1) is 0 Å². The summed E-state index contributed by atoms with van der Waals surface area (Å²) in [4.78, 5) is 2.52. The minimum absolute atomic E-state index is 0.352. The number of unbranched alkanes of at least 4 members (excludes halogenated alkanes) is 1. The molecular weight excluding hydrogens is 260 g/mol. The second kappa shape index (κ2) is 9.06. The molecule has 0 bridgehead atoms. The largest absolute Gasteiger partial charge is 0.379 e. The van der Waals surface area contributed by atoms with Gasteiger partial charge in [0.2, 0.25) is 0 Å². The molecule has 0 spiro atoms. The summed E-state index contributed by atoms with van der Waals surface area (Å²) in [5.74, 6) is 0. The van der Waals surface area contributed by atoms with Crippen LogP contribution in [-0.4, -0.2) is 32.3 Å². The van der Waals surface area contributed by atoms with Gasteiger partial charge in [0.15, 0.2) is 0 Å². The van der Waals surface area contributed by atoms with E-state index in [4.69, 9.17) is 4.74 Å². The Morgan fingerprint density at radius 1 is 1.14 bits per heavy atom. The molecule has 3 heteroatoms. The summed E-state index contributed by atoms with van der Waals surface area (Å²) in [6, 6.07) is 8.81. The Kier molecular flexibility index (Phi) is 7.04. The zero-order valence-corrected chi connectivity index (χ0v) is 13.6. The lowest BCUT2D eigenvalue weighted by atomic mass is 10.1. The molecule has 0 amide bonds. The van der Waals surface area contributed by atoms with Gasteiger partial charge in [-0.25, -0.2) is 0 Å². The summed E-state index contributed by atoms with van der Waals surface area (Å²) in [6.45, 7) is 9.52. The average molecular weight is 290 g/mol. The van der Waals surface area contributed by atoms with Gasteiger partial charge in [-0.15, -0.1) is 0 Å². The van der Waals surface area contributed by atoms with Crippen LogP contribution in [0.4, 0.5) is 5.69 Å². The fourth-order valence-corrected chi connectivity index (χ4v) is 2.82. The summed E-state index contributed by atoms with van der Waals surface area (Å²) < 4.78 is 5.56. The molecule has 0 unspecified atom stereocenters. The van der Waals surface area contributed by atoms with E-state index in [1.54, 1.807) is 0 Å². The normalized spacial score (nSPS) is 15.1. The highest BCUT2D eigenvalue weighted by Gasteiger charge is 2.14. The number of nitrogens with one attached hydrogen (secondary N) is 1. The SMILES string of the molecule is CC(C)OCCCCNCc1ccccc1N1CCCC1. The lowest BCUT2D eigenvalue weighted by Gasteiger charge is -2.21. The van der Waals surface area contributed by atoms with E-state index >= 15 is 0 Å². The third-order valence-electron chi connectivity index (χ3n) is 3.95. The third kappa shape index (κ3) is 5.68. The van der Waals surface area contributed by atoms with Crippen LogP contribution >= 0.6 is 0 Å². The second-order valence-electron chi connectivity index (χ2n) is 6.13. The summed E-state index contributed by atoms with van der Waals surface area (Å²) in [7, 11) is 0. The maximum atomic E-state index is 5.56. The van der Waals surface area contributed by atoms with Gasteiger partial charge in [-0.05, 0) is 57.7 Å². The molecule has 1 aromatic carbocycles. The van der Waals surface area contributed by atoms with Gasteiger partial charge >= 0.3 is 0 Å². The Hall–Kier alpha value is -1.06. The van der Waals surface area contributed by atoms with E-state index in [1.807, 2.05) is 0 Å². The minimum atomic E-state index is 0.352. The van der Waals surface area contributed by atoms with Crippen LogP contribution in [0.15, 0.2) is 24.3 Å². The third-order valence-corrected chi connectivity index (χ3v) is 3.95. The van der Waals surface area contributed by atoms with E-state index in [9.17, 15) is 0 Å². The van der Waals surface area contributed by atoms with Gasteiger partial charge in [-0.3, -0.25) is 0 Å². The quantitative estimate of drug-likeness (QED) is 0.704. The van der Waals surface area contributed by atoms with Crippen LogP contribution in [0.2, 0.25) is 0 Å². The first-order valence-electron chi connectivity index (χ1n) is 8.42. The minimum Gasteiger partial charge on any atom is -0.379 e. The lowest BCUT2D eigenvalue weighted by Crippen LogP contribution is -2.22. The van der Waals surface area contributed by atoms with Crippen LogP contribution in [-0.2, 0) is 11.3 Å². The topological polar surface area (TPSA) is 24.5 Å². The molecule has 0 radical (unpaired) electrons. The highest BCUT2D eigenvalue weighted by Crippen LogP contribution is 2.24. The molecule has 21 heavy (non-hydrogen) atoms. The number of hydrogen-bond acceptors (Lipinski definition) is 3. The number of ether oxygens (including phenoxy) is 1. The summed E-state index contributed by atoms with van der Waals surface area (Å²) in [5, 5.41) is 3.57. The van der Waals surface area contributed by atoms with Crippen molar-refractivity contribution in [3.63, 3.8) is 0 Å². The average Bonchev–Trinajstić information content (AvgIpc) is 3.00. The first kappa shape index (κ1) is 16.3. The molecule has 1 aliphatic rings. The molecule has 1 fully saturated rings. The van der Waals surface area contributed by atoms with E-state index in [0.717, 1.165) is 26.1 Å². The van der Waals surface area contributed by atoms with Gasteiger partial charge in [0.1, 0.15) is 0 Å². The predicted octanol–water partition coefficient (Wildman–Crippen LogP) is 3.58. The Bertz CT molecular complexity index is 400. The number of nitrogens with zero attached hydrogens (tertiary/aromatic N) is 1. The highest BCUT2D eigenvalue weighted by molar-refractivity contribution is 5.54. The molecule has 0 atom stereocenters. The fourth-order valence-electron chi connectivity index (χ4n) is 2.82. The number of benzene rings is 1. The molecule has 0 aliphatic carbocycles. The molecule has 1 aromatic rings. The highest BCUT2D eigenvalue weighted by atomic mass is 16.5. The molecule has 0 saturated carbocycles. The Morgan fingerprint density at radius 2 is 1.90 bits per heavy atom. The van der Waals surface area contributed by atoms with Gasteiger partial charge in [-0.1, -0.05) is 18.2 Å². The predicted molar refractivity (Wildman–Crippen MR) is 89.9 cm³/mol. The zero-order valence-electron chi connectivity index (χ0n) is 13.6. The van der Waals surface area contributed by atoms with Crippen LogP contribution in [0.5, 0.6) is 0 Å². The Balaban J connectivity index is 1.68. The Morgan fingerprint density at radius 3 is 2.67 bits per heavy atom. The lowest BCUT2D eigenvalue weighted by molar-refractivity contribution is 0.0760. The van der Waals surface area contributed by atoms with E-state index in [0.29, 0.717) is 6.10 Å². The molecule has 1 N–H and O–H groups in total. The Labute approximate surface area is 129 Å². The smallest absolute Gasteiger partial charge is 0.0518 e. The number of rotatable bonds is 9. The van der Waals surface area contributed by atoms with Crippen molar-refractivity contribution in [3.8, 4) is 0 Å². The fraction of sp³-hybridized carbons (Fsp3) is 0.667. The monoisotopic (exact) mass is 290 g/mol. The molecule has 2 rings (SSSR count). The first-order chi connectivity index (χ1) is 10.3. The molecule has 1 saturated heterocycles. The van der Waals surface area contributed by atoms with Gasteiger partial charge in [0, 0.05) is 31.9 Å². The van der Waals surface area contributed by atoms with Crippen molar-refractivity contribution in [1.29, 1.82) is 0 Å². The van der Waals surface area contributed by atoms with Crippen molar-refractivity contribution < 1.29 is 4.74 Å². The first-order valence-corrected chi connectivity index (χ1v) is 8.42. The van der Waals surface area contributed by atoms with Crippen molar-refractivity contribution >= 4 is 5.69 Å². The standard InChI is InChI=1S/C18H30N2O/c1-16(2)21-14-8-5-11-19-15-17-9-3-4-10-18(17)20-12-6-7-13-20/h3-4,9-10,16,19H,5-8,11-15H2,1-2H3. The maximum Gasteiger partial charge on any atom is 0.0518 e. The van der Waals surface area contributed by atoms with Crippen molar-refractivity contribution in [1.82, 2.24) is 5.32 Å². The van der Waals surface area contributed by atoms with E-state index in [1.165, 1.54) is 43.6 Å². The van der Waals surface area contributed by atoms with Gasteiger partial charge in [0.05, 0.1) is 6.10 Å². The van der Waals surface area contributed by atoms with E-state index in [-0.39, 0.29) is 0 Å². The molecule has 0 aromatic heterocycles. The number of anilines is 1. The summed E-state index contributed by atoms with van der Waals surface area (Å²) in [5.41, 5.74) is 2.85. The van der Waals surface area contributed by atoms with Gasteiger partial charge in [0.25, 0.3) is 0 Å². The van der Waals surface area contributed by atoms with Crippen molar-refractivity contribution in [3.05, 3.63) is 29.8 Å². The van der Waals surface area contributed by atoms with E-state index < -0.39 is 0 Å². The number of hydrogen-bond donors (Lipinski definition) is 1. The molecule has 3 nitrogen and oxygen atoms in total.